The Morgan fingerprint density at radius 2 is 1.71 bits per heavy atom. The summed E-state index contributed by atoms with van der Waals surface area (Å²) in [4.78, 5) is 7.18. The molecule has 1 aromatic heterocycles. The number of hydrogen-bond donors (Lipinski definition) is 1. The van der Waals surface area contributed by atoms with Gasteiger partial charge in [0, 0.05) is 31.4 Å². The van der Waals surface area contributed by atoms with E-state index >= 15 is 0 Å². The number of hydrogen-bond acceptors (Lipinski definition) is 3. The molecule has 3 rings (SSSR count). The van der Waals surface area contributed by atoms with Gasteiger partial charge in [-0.3, -0.25) is 0 Å². The predicted octanol–water partition coefficient (Wildman–Crippen LogP) is 2.71. The molecular formula is C14H27Cl3N4. The van der Waals surface area contributed by atoms with Crippen LogP contribution in [-0.2, 0) is 6.54 Å². The number of piperidine rings is 1. The molecule has 0 saturated carbocycles. The fourth-order valence-corrected chi connectivity index (χ4v) is 3.21. The molecule has 0 aromatic carbocycles. The molecular weight excluding hydrogens is 331 g/mol. The van der Waals surface area contributed by atoms with Crippen molar-refractivity contribution in [1.29, 1.82) is 0 Å². The molecule has 4 nitrogen and oxygen atoms in total. The van der Waals surface area contributed by atoms with Crippen molar-refractivity contribution in [3.8, 4) is 0 Å². The fourth-order valence-electron chi connectivity index (χ4n) is 3.21. The lowest BCUT2D eigenvalue weighted by Gasteiger charge is -2.24. The Bertz CT molecular complexity index is 374. The average Bonchev–Trinajstić information content (AvgIpc) is 3.09. The van der Waals surface area contributed by atoms with Crippen molar-refractivity contribution in [2.75, 3.05) is 32.7 Å². The molecule has 0 bridgehead atoms. The summed E-state index contributed by atoms with van der Waals surface area (Å²) in [6.45, 7) is 7.16. The molecule has 1 aromatic rings. The molecule has 0 unspecified atom stereocenters. The molecule has 0 spiro atoms. The van der Waals surface area contributed by atoms with Crippen molar-refractivity contribution in [1.82, 2.24) is 19.8 Å². The van der Waals surface area contributed by atoms with E-state index in [1.807, 2.05) is 6.20 Å². The third-order valence-corrected chi connectivity index (χ3v) is 4.31. The van der Waals surface area contributed by atoms with E-state index < -0.39 is 0 Å². The van der Waals surface area contributed by atoms with Crippen LogP contribution in [0.15, 0.2) is 12.4 Å². The third kappa shape index (κ3) is 5.61. The molecule has 2 aliphatic rings. The van der Waals surface area contributed by atoms with Gasteiger partial charge in [-0.15, -0.1) is 37.2 Å². The maximum Gasteiger partial charge on any atom is 0.111 e. The van der Waals surface area contributed by atoms with Crippen molar-refractivity contribution in [3.63, 3.8) is 0 Å². The van der Waals surface area contributed by atoms with E-state index in [2.05, 4.69) is 26.0 Å². The first-order valence-electron chi connectivity index (χ1n) is 7.37. The lowest BCUT2D eigenvalue weighted by Crippen LogP contribution is -2.29. The summed E-state index contributed by atoms with van der Waals surface area (Å²) in [5, 5.41) is 3.43. The maximum atomic E-state index is 4.60. The number of nitrogens with one attached hydrogen (secondary N) is 1. The highest BCUT2D eigenvalue weighted by Gasteiger charge is 2.20. The SMILES string of the molecule is Cl.Cl.Cl.c1cn(CCN2CCCC2)c(C2CCNCC2)n1. The highest BCUT2D eigenvalue weighted by atomic mass is 35.5. The lowest BCUT2D eigenvalue weighted by atomic mass is 9.97. The van der Waals surface area contributed by atoms with Crippen LogP contribution in [0.3, 0.4) is 0 Å². The van der Waals surface area contributed by atoms with Gasteiger partial charge in [-0.05, 0) is 51.9 Å². The molecule has 3 heterocycles. The van der Waals surface area contributed by atoms with Crippen molar-refractivity contribution in [3.05, 3.63) is 18.2 Å². The molecule has 2 aliphatic heterocycles. The van der Waals surface area contributed by atoms with E-state index in [9.17, 15) is 0 Å². The first kappa shape index (κ1) is 21.0. The highest BCUT2D eigenvalue weighted by Crippen LogP contribution is 2.23. The van der Waals surface area contributed by atoms with E-state index in [0.29, 0.717) is 5.92 Å². The molecule has 21 heavy (non-hydrogen) atoms. The Kier molecular flexibility index (Phi) is 10.7. The zero-order chi connectivity index (χ0) is 12.2. The first-order valence-corrected chi connectivity index (χ1v) is 7.37. The van der Waals surface area contributed by atoms with Gasteiger partial charge in [0.05, 0.1) is 0 Å². The molecule has 0 amide bonds. The van der Waals surface area contributed by atoms with Crippen LogP contribution in [0.1, 0.15) is 37.4 Å². The Labute approximate surface area is 146 Å². The second kappa shape index (κ2) is 10.7. The van der Waals surface area contributed by atoms with Crippen molar-refractivity contribution >= 4 is 37.2 Å². The molecule has 0 atom stereocenters. The molecule has 124 valence electrons. The lowest BCUT2D eigenvalue weighted by molar-refractivity contribution is 0.316. The van der Waals surface area contributed by atoms with Gasteiger partial charge in [0.25, 0.3) is 0 Å². The minimum Gasteiger partial charge on any atom is -0.333 e. The summed E-state index contributed by atoms with van der Waals surface area (Å²) in [6.07, 6.45) is 9.37. The minimum atomic E-state index is 0. The fraction of sp³-hybridized carbons (Fsp3) is 0.786. The maximum absolute atomic E-state index is 4.60. The zero-order valence-corrected chi connectivity index (χ0v) is 14.8. The Morgan fingerprint density at radius 1 is 1.05 bits per heavy atom. The number of aromatic nitrogens is 2. The number of imidazole rings is 1. The van der Waals surface area contributed by atoms with Crippen molar-refractivity contribution in [2.24, 2.45) is 0 Å². The monoisotopic (exact) mass is 356 g/mol. The second-order valence-electron chi connectivity index (χ2n) is 5.55. The van der Waals surface area contributed by atoms with E-state index in [1.54, 1.807) is 0 Å². The predicted molar refractivity (Wildman–Crippen MR) is 94.5 cm³/mol. The average molecular weight is 358 g/mol. The highest BCUT2D eigenvalue weighted by molar-refractivity contribution is 5.86. The van der Waals surface area contributed by atoms with Gasteiger partial charge in [-0.1, -0.05) is 0 Å². The first-order chi connectivity index (χ1) is 8.93. The van der Waals surface area contributed by atoms with Crippen LogP contribution in [-0.4, -0.2) is 47.2 Å². The van der Waals surface area contributed by atoms with E-state index in [1.165, 1.54) is 51.1 Å². The zero-order valence-electron chi connectivity index (χ0n) is 12.4. The van der Waals surface area contributed by atoms with Gasteiger partial charge in [0.1, 0.15) is 5.82 Å². The van der Waals surface area contributed by atoms with Gasteiger partial charge in [-0.2, -0.15) is 0 Å². The normalized spacial score (nSPS) is 19.4. The van der Waals surface area contributed by atoms with Crippen LogP contribution in [0.25, 0.3) is 0 Å². The number of likely N-dealkylation sites (tertiary alicyclic amines) is 1. The quantitative estimate of drug-likeness (QED) is 0.899. The molecule has 0 radical (unpaired) electrons. The Balaban J connectivity index is 0.00000133. The van der Waals surface area contributed by atoms with E-state index in [-0.39, 0.29) is 37.2 Å². The van der Waals surface area contributed by atoms with Crippen LogP contribution in [0.5, 0.6) is 0 Å². The van der Waals surface area contributed by atoms with E-state index in [4.69, 9.17) is 0 Å². The van der Waals surface area contributed by atoms with Crippen LogP contribution < -0.4 is 5.32 Å². The number of rotatable bonds is 4. The number of halogens is 3. The smallest absolute Gasteiger partial charge is 0.111 e. The van der Waals surface area contributed by atoms with E-state index in [0.717, 1.165) is 19.6 Å². The molecule has 2 fully saturated rings. The summed E-state index contributed by atoms with van der Waals surface area (Å²) in [5.41, 5.74) is 0. The number of nitrogens with zero attached hydrogens (tertiary/aromatic N) is 3. The summed E-state index contributed by atoms with van der Waals surface area (Å²) in [5.74, 6) is 1.98. The Morgan fingerprint density at radius 3 is 2.38 bits per heavy atom. The standard InChI is InChI=1S/C14H24N4.3ClH/c1-2-9-17(8-1)11-12-18-10-7-16-14(18)13-3-5-15-6-4-13;;;/h7,10,13,15H,1-6,8-9,11-12H2;3*1H. The van der Waals surface area contributed by atoms with Crippen molar-refractivity contribution in [2.45, 2.75) is 38.1 Å². The van der Waals surface area contributed by atoms with Crippen LogP contribution >= 0.6 is 37.2 Å². The van der Waals surface area contributed by atoms with Gasteiger partial charge >= 0.3 is 0 Å². The summed E-state index contributed by atoms with van der Waals surface area (Å²) >= 11 is 0. The largest absolute Gasteiger partial charge is 0.333 e. The summed E-state index contributed by atoms with van der Waals surface area (Å²) in [6, 6.07) is 0. The third-order valence-electron chi connectivity index (χ3n) is 4.31. The van der Waals surface area contributed by atoms with Gasteiger partial charge in [0.15, 0.2) is 0 Å². The second-order valence-corrected chi connectivity index (χ2v) is 5.55. The van der Waals surface area contributed by atoms with Gasteiger partial charge < -0.3 is 14.8 Å². The van der Waals surface area contributed by atoms with Crippen molar-refractivity contribution < 1.29 is 0 Å². The van der Waals surface area contributed by atoms with Gasteiger partial charge in [-0.25, -0.2) is 4.98 Å². The van der Waals surface area contributed by atoms with Crippen LogP contribution in [0.4, 0.5) is 0 Å². The van der Waals surface area contributed by atoms with Crippen LogP contribution in [0.2, 0.25) is 0 Å². The molecule has 0 aliphatic carbocycles. The molecule has 1 N–H and O–H groups in total. The minimum absolute atomic E-state index is 0. The summed E-state index contributed by atoms with van der Waals surface area (Å²) in [7, 11) is 0. The molecule has 7 heteroatoms. The topological polar surface area (TPSA) is 33.1 Å². The molecule has 2 saturated heterocycles. The Hall–Kier alpha value is -0.000000000000000139. The van der Waals surface area contributed by atoms with Gasteiger partial charge in [0.2, 0.25) is 0 Å². The summed E-state index contributed by atoms with van der Waals surface area (Å²) < 4.78 is 2.38. The van der Waals surface area contributed by atoms with Crippen LogP contribution in [0, 0.1) is 0 Å².